The number of hydrogen-bond acceptors (Lipinski definition) is 5. The molecule has 3 aromatic carbocycles. The largest absolute Gasteiger partial charge is 0.440 e. The molecule has 1 aliphatic rings. The number of ether oxygens (including phenoxy) is 1. The molecule has 3 aromatic rings. The van der Waals surface area contributed by atoms with Crippen molar-refractivity contribution in [2.45, 2.75) is 5.92 Å². The molecule has 0 aromatic heterocycles. The molecule has 0 saturated carbocycles. The molecule has 4 rings (SSSR count). The summed E-state index contributed by atoms with van der Waals surface area (Å²) in [6.45, 7) is 0. The molecule has 1 heterocycles. The predicted molar refractivity (Wildman–Crippen MR) is 101 cm³/mol. The van der Waals surface area contributed by atoms with Gasteiger partial charge in [0.1, 0.15) is 17.4 Å². The zero-order valence-corrected chi connectivity index (χ0v) is 14.6. The van der Waals surface area contributed by atoms with Crippen molar-refractivity contribution in [1.82, 2.24) is 0 Å². The molecule has 6 nitrogen and oxygen atoms in total. The number of non-ortho nitro benzene ring substituents is 1. The Morgan fingerprint density at radius 2 is 1.89 bits per heavy atom. The van der Waals surface area contributed by atoms with E-state index in [1.54, 1.807) is 6.07 Å². The number of allylic oxidation sites excluding steroid dienone is 1. The summed E-state index contributed by atoms with van der Waals surface area (Å²) in [5, 5.41) is 22.7. The highest BCUT2D eigenvalue weighted by atomic mass is 35.5. The maximum Gasteiger partial charge on any atom is 0.270 e. The Labute approximate surface area is 159 Å². The van der Waals surface area contributed by atoms with Crippen molar-refractivity contribution in [3.05, 3.63) is 92.3 Å². The molecule has 1 aliphatic heterocycles. The number of hydrogen-bond donors (Lipinski definition) is 1. The fourth-order valence-electron chi connectivity index (χ4n) is 3.37. The topological polar surface area (TPSA) is 102 Å². The molecular formula is C20H12ClN3O3. The van der Waals surface area contributed by atoms with Crippen molar-refractivity contribution >= 4 is 28.1 Å². The SMILES string of the molecule is N#CC1=C(N)Oc2c(ccc3ccccc23)[C@@H]1c1ccc([N+](=O)[O-])cc1Cl. The van der Waals surface area contributed by atoms with Crippen LogP contribution in [-0.4, -0.2) is 4.92 Å². The number of fused-ring (bicyclic) bond motifs is 3. The van der Waals surface area contributed by atoms with Crippen molar-refractivity contribution in [3.63, 3.8) is 0 Å². The van der Waals surface area contributed by atoms with E-state index in [0.717, 1.165) is 16.3 Å². The summed E-state index contributed by atoms with van der Waals surface area (Å²) in [4.78, 5) is 10.5. The molecule has 0 saturated heterocycles. The third-order valence-corrected chi connectivity index (χ3v) is 4.94. The van der Waals surface area contributed by atoms with E-state index in [2.05, 4.69) is 6.07 Å². The molecule has 0 radical (unpaired) electrons. The zero-order valence-electron chi connectivity index (χ0n) is 13.8. The standard InChI is InChI=1S/C20H12ClN3O3/c21-17-9-12(24(25)26)6-8-14(17)18-15-7-5-11-3-1-2-4-13(11)19(15)27-20(23)16(18)10-22/h1-9,18H,23H2/t18-/m0/s1. The van der Waals surface area contributed by atoms with E-state index in [4.69, 9.17) is 22.1 Å². The van der Waals surface area contributed by atoms with Gasteiger partial charge in [0.2, 0.25) is 5.88 Å². The zero-order chi connectivity index (χ0) is 19.1. The van der Waals surface area contributed by atoms with Crippen LogP contribution >= 0.6 is 11.6 Å². The Bertz CT molecular complexity index is 1180. The van der Waals surface area contributed by atoms with E-state index in [0.29, 0.717) is 11.3 Å². The van der Waals surface area contributed by atoms with E-state index < -0.39 is 10.8 Å². The summed E-state index contributed by atoms with van der Waals surface area (Å²) >= 11 is 6.34. The Hall–Kier alpha value is -3.56. The van der Waals surface area contributed by atoms with Crippen molar-refractivity contribution in [2.75, 3.05) is 0 Å². The summed E-state index contributed by atoms with van der Waals surface area (Å²) in [5.41, 5.74) is 7.42. The third-order valence-electron chi connectivity index (χ3n) is 4.61. The van der Waals surface area contributed by atoms with Gasteiger partial charge in [-0.05, 0) is 17.0 Å². The molecule has 0 fully saturated rings. The average molecular weight is 378 g/mol. The first kappa shape index (κ1) is 16.9. The maximum atomic E-state index is 11.0. The number of nitrogens with zero attached hydrogens (tertiary/aromatic N) is 2. The smallest absolute Gasteiger partial charge is 0.270 e. The molecule has 0 amide bonds. The quantitative estimate of drug-likeness (QED) is 0.518. The summed E-state index contributed by atoms with van der Waals surface area (Å²) in [7, 11) is 0. The number of halogens is 1. The van der Waals surface area contributed by atoms with Gasteiger partial charge in [0.25, 0.3) is 5.69 Å². The molecule has 2 N–H and O–H groups in total. The Morgan fingerprint density at radius 1 is 1.15 bits per heavy atom. The first-order valence-corrected chi connectivity index (χ1v) is 8.42. The molecule has 0 bridgehead atoms. The van der Waals surface area contributed by atoms with Gasteiger partial charge in [0, 0.05) is 23.1 Å². The lowest BCUT2D eigenvalue weighted by Crippen LogP contribution is -2.21. The van der Waals surface area contributed by atoms with Crippen molar-refractivity contribution < 1.29 is 9.66 Å². The number of benzene rings is 3. The van der Waals surface area contributed by atoms with Crippen molar-refractivity contribution in [1.29, 1.82) is 5.26 Å². The molecule has 0 aliphatic carbocycles. The molecule has 1 atom stereocenters. The van der Waals surface area contributed by atoms with Crippen LogP contribution in [0.2, 0.25) is 5.02 Å². The Kier molecular flexibility index (Phi) is 3.94. The molecule has 27 heavy (non-hydrogen) atoms. The first-order valence-electron chi connectivity index (χ1n) is 8.04. The minimum atomic E-state index is -0.573. The molecule has 132 valence electrons. The van der Waals surface area contributed by atoms with Gasteiger partial charge in [-0.3, -0.25) is 10.1 Å². The van der Waals surface area contributed by atoms with E-state index >= 15 is 0 Å². The number of nitro groups is 1. The van der Waals surface area contributed by atoms with E-state index in [1.807, 2.05) is 36.4 Å². The number of nitrogens with two attached hydrogens (primary N) is 1. The van der Waals surface area contributed by atoms with Crippen LogP contribution < -0.4 is 10.5 Å². The number of nitriles is 1. The lowest BCUT2D eigenvalue weighted by atomic mass is 9.82. The van der Waals surface area contributed by atoms with Crippen LogP contribution in [0.4, 0.5) is 5.69 Å². The highest BCUT2D eigenvalue weighted by molar-refractivity contribution is 6.31. The second-order valence-electron chi connectivity index (χ2n) is 6.09. The number of nitro benzene ring substituents is 1. The summed E-state index contributed by atoms with van der Waals surface area (Å²) in [6, 6.07) is 17.8. The second-order valence-corrected chi connectivity index (χ2v) is 6.50. The molecule has 0 spiro atoms. The molecule has 7 heteroatoms. The number of rotatable bonds is 2. The van der Waals surface area contributed by atoms with Gasteiger partial charge >= 0.3 is 0 Å². The van der Waals surface area contributed by atoms with Crippen LogP contribution in [0, 0.1) is 21.4 Å². The minimum absolute atomic E-state index is 0.000715. The van der Waals surface area contributed by atoms with Crippen LogP contribution in [0.15, 0.2) is 66.1 Å². The fourth-order valence-corrected chi connectivity index (χ4v) is 3.65. The summed E-state index contributed by atoms with van der Waals surface area (Å²) in [6.07, 6.45) is 0. The molecule has 0 unspecified atom stereocenters. The lowest BCUT2D eigenvalue weighted by molar-refractivity contribution is -0.384. The van der Waals surface area contributed by atoms with Crippen molar-refractivity contribution in [3.8, 4) is 11.8 Å². The Balaban J connectivity index is 1.99. The van der Waals surface area contributed by atoms with E-state index in [-0.39, 0.29) is 22.2 Å². The van der Waals surface area contributed by atoms with Crippen LogP contribution in [-0.2, 0) is 0 Å². The van der Waals surface area contributed by atoms with E-state index in [1.165, 1.54) is 12.1 Å². The summed E-state index contributed by atoms with van der Waals surface area (Å²) in [5.74, 6) is -0.0125. The minimum Gasteiger partial charge on any atom is -0.440 e. The highest BCUT2D eigenvalue weighted by Gasteiger charge is 2.33. The fraction of sp³-hybridized carbons (Fsp3) is 0.0500. The van der Waals surface area contributed by atoms with Crippen LogP contribution in [0.1, 0.15) is 17.0 Å². The van der Waals surface area contributed by atoms with Gasteiger partial charge in [-0.2, -0.15) is 5.26 Å². The second kappa shape index (κ2) is 6.31. The monoisotopic (exact) mass is 377 g/mol. The van der Waals surface area contributed by atoms with Gasteiger partial charge in [-0.15, -0.1) is 0 Å². The summed E-state index contributed by atoms with van der Waals surface area (Å²) < 4.78 is 5.79. The first-order chi connectivity index (χ1) is 13.0. The van der Waals surface area contributed by atoms with E-state index in [9.17, 15) is 15.4 Å². The van der Waals surface area contributed by atoms with Gasteiger partial charge < -0.3 is 10.5 Å². The Morgan fingerprint density at radius 3 is 2.59 bits per heavy atom. The highest BCUT2D eigenvalue weighted by Crippen LogP contribution is 2.47. The predicted octanol–water partition coefficient (Wildman–Crippen LogP) is 4.62. The van der Waals surface area contributed by atoms with Crippen LogP contribution in [0.25, 0.3) is 10.8 Å². The average Bonchev–Trinajstić information content (AvgIpc) is 2.67. The van der Waals surface area contributed by atoms with Crippen LogP contribution in [0.5, 0.6) is 5.75 Å². The van der Waals surface area contributed by atoms with Crippen LogP contribution in [0.3, 0.4) is 0 Å². The maximum absolute atomic E-state index is 11.0. The third kappa shape index (κ3) is 2.65. The normalized spacial score (nSPS) is 15.8. The van der Waals surface area contributed by atoms with Crippen molar-refractivity contribution in [2.24, 2.45) is 5.73 Å². The van der Waals surface area contributed by atoms with Gasteiger partial charge in [0.15, 0.2) is 0 Å². The van der Waals surface area contributed by atoms with Gasteiger partial charge in [0.05, 0.1) is 15.9 Å². The van der Waals surface area contributed by atoms with Gasteiger partial charge in [-0.1, -0.05) is 48.0 Å². The lowest BCUT2D eigenvalue weighted by Gasteiger charge is -2.28. The van der Waals surface area contributed by atoms with Gasteiger partial charge in [-0.25, -0.2) is 0 Å². The molecular weight excluding hydrogens is 366 g/mol.